The number of methoxy groups -OCH3 is 2. The van der Waals surface area contributed by atoms with E-state index in [1.54, 1.807) is 45.0 Å². The highest BCUT2D eigenvalue weighted by molar-refractivity contribution is 5.92. The molecule has 42 heavy (non-hydrogen) atoms. The number of alkyl carbamates (subject to hydrolysis) is 1. The van der Waals surface area contributed by atoms with Crippen LogP contribution in [0.5, 0.6) is 0 Å². The third-order valence-corrected chi connectivity index (χ3v) is 6.34. The van der Waals surface area contributed by atoms with Gasteiger partial charge in [0.05, 0.1) is 25.8 Å². The Morgan fingerprint density at radius 2 is 1.74 bits per heavy atom. The van der Waals surface area contributed by atoms with Gasteiger partial charge in [-0.15, -0.1) is 0 Å². The quantitative estimate of drug-likeness (QED) is 0.135. The molecule has 6 atom stereocenters. The van der Waals surface area contributed by atoms with Gasteiger partial charge in [0, 0.05) is 18.4 Å². The molecule has 1 fully saturated rings. The molecule has 232 valence electrons. The molecule has 14 heteroatoms. The van der Waals surface area contributed by atoms with Crippen LogP contribution in [0.3, 0.4) is 0 Å². The van der Waals surface area contributed by atoms with E-state index in [9.17, 15) is 19.2 Å². The fourth-order valence-corrected chi connectivity index (χ4v) is 4.54. The zero-order chi connectivity index (χ0) is 31.4. The first-order chi connectivity index (χ1) is 19.8. The number of hydrogen-bond acceptors (Lipinski definition) is 9. The van der Waals surface area contributed by atoms with Crippen molar-refractivity contribution in [3.8, 4) is 0 Å². The number of carbonyl (C=O) groups is 4. The first-order valence-corrected chi connectivity index (χ1v) is 13.7. The van der Waals surface area contributed by atoms with Gasteiger partial charge in [-0.1, -0.05) is 49.3 Å². The molecule has 0 aliphatic carbocycles. The second-order valence-corrected chi connectivity index (χ2v) is 11.3. The van der Waals surface area contributed by atoms with E-state index in [-0.39, 0.29) is 18.9 Å². The van der Waals surface area contributed by atoms with Gasteiger partial charge in [-0.3, -0.25) is 9.59 Å². The summed E-state index contributed by atoms with van der Waals surface area (Å²) in [6.07, 6.45) is -3.55. The van der Waals surface area contributed by atoms with E-state index < -0.39 is 65.9 Å². The van der Waals surface area contributed by atoms with E-state index >= 15 is 0 Å². The van der Waals surface area contributed by atoms with E-state index in [4.69, 9.17) is 24.5 Å². The van der Waals surface area contributed by atoms with Crippen LogP contribution >= 0.6 is 0 Å². The zero-order valence-electron chi connectivity index (χ0n) is 25.2. The van der Waals surface area contributed by atoms with Crippen LogP contribution in [-0.4, -0.2) is 86.7 Å². The van der Waals surface area contributed by atoms with Gasteiger partial charge in [0.15, 0.2) is 6.10 Å². The van der Waals surface area contributed by atoms with Gasteiger partial charge >= 0.3 is 12.1 Å². The predicted molar refractivity (Wildman–Crippen MR) is 152 cm³/mol. The zero-order valence-corrected chi connectivity index (χ0v) is 25.2. The number of ether oxygens (including phenoxy) is 4. The normalized spacial score (nSPS) is 21.4. The summed E-state index contributed by atoms with van der Waals surface area (Å²) < 4.78 is 21.7. The highest BCUT2D eigenvalue weighted by Crippen LogP contribution is 2.25. The molecule has 0 aromatic heterocycles. The van der Waals surface area contributed by atoms with Gasteiger partial charge in [0.1, 0.15) is 23.8 Å². The number of esters is 1. The van der Waals surface area contributed by atoms with Gasteiger partial charge < -0.3 is 34.9 Å². The molecule has 1 aliphatic heterocycles. The van der Waals surface area contributed by atoms with Crippen LogP contribution in [0.4, 0.5) is 4.79 Å². The number of benzene rings is 1. The predicted octanol–water partition coefficient (Wildman–Crippen LogP) is 2.40. The van der Waals surface area contributed by atoms with Gasteiger partial charge in [0.2, 0.25) is 5.91 Å². The molecule has 2 rings (SSSR count). The number of amides is 3. The van der Waals surface area contributed by atoms with Crippen molar-refractivity contribution in [1.82, 2.24) is 16.0 Å². The van der Waals surface area contributed by atoms with Crippen molar-refractivity contribution >= 4 is 23.9 Å². The lowest BCUT2D eigenvalue weighted by Gasteiger charge is -2.27. The van der Waals surface area contributed by atoms with E-state index in [0.29, 0.717) is 6.42 Å². The molecule has 1 saturated heterocycles. The Hall–Kier alpha value is -3.87. The fourth-order valence-electron chi connectivity index (χ4n) is 4.54. The molecule has 14 nitrogen and oxygen atoms in total. The van der Waals surface area contributed by atoms with Crippen LogP contribution in [-0.2, 0) is 39.8 Å². The maximum atomic E-state index is 13.6. The lowest BCUT2D eigenvalue weighted by molar-refractivity contribution is -0.146. The molecule has 1 aliphatic rings. The molecule has 0 radical (unpaired) electrons. The van der Waals surface area contributed by atoms with Gasteiger partial charge in [0.25, 0.3) is 5.91 Å². The third kappa shape index (κ3) is 10.5. The Morgan fingerprint density at radius 3 is 2.29 bits per heavy atom. The molecule has 1 aromatic carbocycles. The number of rotatable bonds is 13. The minimum atomic E-state index is -1.29. The van der Waals surface area contributed by atoms with Crippen molar-refractivity contribution in [3.05, 3.63) is 46.3 Å². The molecule has 0 unspecified atom stereocenters. The topological polar surface area (TPSA) is 190 Å². The highest BCUT2D eigenvalue weighted by Gasteiger charge is 2.49. The number of nitrogens with one attached hydrogen (secondary N) is 3. The summed E-state index contributed by atoms with van der Waals surface area (Å²) in [6, 6.07) is 6.11. The van der Waals surface area contributed by atoms with Gasteiger partial charge in [-0.05, 0) is 44.2 Å². The molecule has 3 N–H and O–H groups in total. The van der Waals surface area contributed by atoms with E-state index in [1.807, 2.05) is 19.9 Å². The van der Waals surface area contributed by atoms with Gasteiger partial charge in [-0.25, -0.2) is 9.59 Å². The summed E-state index contributed by atoms with van der Waals surface area (Å²) in [5.74, 6) is -1.81. The molecule has 0 spiro atoms. The molecule has 1 aromatic rings. The lowest BCUT2D eigenvalue weighted by atomic mass is 10.0. The SMILES string of the molecule is COC(=O)[C@H](CC(C)C)NC(=O)[C@H](Cc1ccccc1)NC(=O)[C@@H]1O[C@H](CN=[N+]=[N-])[C@@H](NC(=O)OC(C)(C)C)[C@H]1OC. The molecule has 3 amide bonds. The fraction of sp³-hybridized carbons (Fsp3) is 0.643. The van der Waals surface area contributed by atoms with Crippen molar-refractivity contribution in [3.63, 3.8) is 0 Å². The molecule has 1 heterocycles. The average molecular weight is 591 g/mol. The minimum absolute atomic E-state index is 0.0772. The summed E-state index contributed by atoms with van der Waals surface area (Å²) in [6.45, 7) is 8.70. The standard InChI is InChI=1S/C28H42N6O8/c1-16(2)13-19(26(37)40-7)32-24(35)18(14-17-11-9-8-10-12-17)31-25(36)23-22(39-6)21(20(41-23)15-30-34-29)33-27(38)42-28(3,4)5/h8-12,16,18-23H,13-15H2,1-7H3,(H,31,36)(H,32,35)(H,33,38)/t18-,19-,20+,21+,22+,23+/m0/s1. The van der Waals surface area contributed by atoms with Gasteiger partial charge in [-0.2, -0.15) is 0 Å². The first-order valence-electron chi connectivity index (χ1n) is 13.7. The van der Waals surface area contributed by atoms with Crippen molar-refractivity contribution in [2.75, 3.05) is 20.8 Å². The van der Waals surface area contributed by atoms with E-state index in [0.717, 1.165) is 5.56 Å². The highest BCUT2D eigenvalue weighted by atomic mass is 16.6. The largest absolute Gasteiger partial charge is 0.467 e. The number of azide groups is 1. The summed E-state index contributed by atoms with van der Waals surface area (Å²) in [4.78, 5) is 54.8. The summed E-state index contributed by atoms with van der Waals surface area (Å²) >= 11 is 0. The Kier molecular flexibility index (Phi) is 13.0. The summed E-state index contributed by atoms with van der Waals surface area (Å²) in [5, 5.41) is 11.6. The molecular weight excluding hydrogens is 548 g/mol. The van der Waals surface area contributed by atoms with Crippen LogP contribution in [0.1, 0.15) is 46.6 Å². The lowest BCUT2D eigenvalue weighted by Crippen LogP contribution is -2.56. The number of carbonyl (C=O) groups excluding carboxylic acids is 4. The van der Waals surface area contributed by atoms with Crippen LogP contribution in [0, 0.1) is 5.92 Å². The molecular formula is C28H42N6O8. The average Bonchev–Trinajstić information content (AvgIpc) is 3.26. The number of hydrogen-bond donors (Lipinski definition) is 3. The Morgan fingerprint density at radius 1 is 1.07 bits per heavy atom. The monoisotopic (exact) mass is 590 g/mol. The van der Waals surface area contributed by atoms with Crippen LogP contribution in [0.15, 0.2) is 35.4 Å². The second kappa shape index (κ2) is 15.9. The molecule has 0 bridgehead atoms. The second-order valence-electron chi connectivity index (χ2n) is 11.3. The van der Waals surface area contributed by atoms with Crippen molar-refractivity contribution in [1.29, 1.82) is 0 Å². The Balaban J connectivity index is 2.32. The van der Waals surface area contributed by atoms with E-state index in [1.165, 1.54) is 14.2 Å². The Bertz CT molecular complexity index is 1120. The maximum Gasteiger partial charge on any atom is 0.408 e. The van der Waals surface area contributed by atoms with Crippen molar-refractivity contribution < 1.29 is 38.1 Å². The van der Waals surface area contributed by atoms with Crippen LogP contribution in [0.2, 0.25) is 0 Å². The first kappa shape index (κ1) is 34.3. The Labute approximate surface area is 245 Å². The van der Waals surface area contributed by atoms with Crippen molar-refractivity contribution in [2.24, 2.45) is 11.0 Å². The smallest absolute Gasteiger partial charge is 0.408 e. The summed E-state index contributed by atoms with van der Waals surface area (Å²) in [7, 11) is 2.58. The maximum absolute atomic E-state index is 13.6. The van der Waals surface area contributed by atoms with Crippen molar-refractivity contribution in [2.45, 2.75) is 89.5 Å². The third-order valence-electron chi connectivity index (χ3n) is 6.34. The minimum Gasteiger partial charge on any atom is -0.467 e. The molecule has 0 saturated carbocycles. The number of nitrogens with zero attached hydrogens (tertiary/aromatic N) is 3. The van der Waals surface area contributed by atoms with Crippen LogP contribution < -0.4 is 16.0 Å². The summed E-state index contributed by atoms with van der Waals surface area (Å²) in [5.41, 5.74) is 8.82. The van der Waals surface area contributed by atoms with E-state index in [2.05, 4.69) is 26.0 Å². The van der Waals surface area contributed by atoms with Crippen LogP contribution in [0.25, 0.3) is 10.4 Å².